The number of aliphatic hydroxyl groups is 1. The van der Waals surface area contributed by atoms with Crippen molar-refractivity contribution < 1.29 is 28.2 Å². The van der Waals surface area contributed by atoms with Crippen LogP contribution in [0.2, 0.25) is 0 Å². The average Bonchev–Trinajstić information content (AvgIpc) is 2.25. The first-order valence-corrected chi connectivity index (χ1v) is 4.38. The Bertz CT molecular complexity index is 470. The summed E-state index contributed by atoms with van der Waals surface area (Å²) in [7, 11) is 0. The van der Waals surface area contributed by atoms with Crippen LogP contribution in [-0.2, 0) is 4.79 Å². The Hall–Kier alpha value is -2.00. The topological polar surface area (TPSA) is 57.5 Å². The third kappa shape index (κ3) is 2.77. The summed E-state index contributed by atoms with van der Waals surface area (Å²) >= 11 is 0. The molecule has 1 aromatic rings. The van der Waals surface area contributed by atoms with Crippen LogP contribution in [-0.4, -0.2) is 28.0 Å². The number of halogens is 3. The Balaban J connectivity index is 3.14. The standard InChI is InChI=1S/C11H7F3O3/c12-11(13,14)10(17,9(15)16)7-6-8-4-2-1-3-5-8/h1-5,17H,(H,15,16). The molecule has 2 N–H and O–H groups in total. The van der Waals surface area contributed by atoms with Crippen LogP contribution in [0.15, 0.2) is 30.3 Å². The summed E-state index contributed by atoms with van der Waals surface area (Å²) in [5, 5.41) is 17.4. The van der Waals surface area contributed by atoms with Crippen molar-refractivity contribution in [3.8, 4) is 11.8 Å². The summed E-state index contributed by atoms with van der Waals surface area (Å²) in [6.07, 6.45) is -5.36. The van der Waals surface area contributed by atoms with E-state index in [0.29, 0.717) is 0 Å². The minimum absolute atomic E-state index is 0.177. The van der Waals surface area contributed by atoms with Crippen LogP contribution in [0.3, 0.4) is 0 Å². The van der Waals surface area contributed by atoms with Gasteiger partial charge in [-0.25, -0.2) is 4.79 Å². The van der Waals surface area contributed by atoms with Crippen LogP contribution >= 0.6 is 0 Å². The Morgan fingerprint density at radius 2 is 1.71 bits per heavy atom. The van der Waals surface area contributed by atoms with E-state index in [1.165, 1.54) is 30.2 Å². The predicted octanol–water partition coefficient (Wildman–Crippen LogP) is 1.42. The van der Waals surface area contributed by atoms with E-state index in [2.05, 4.69) is 0 Å². The summed E-state index contributed by atoms with van der Waals surface area (Å²) in [5.41, 5.74) is -3.88. The van der Waals surface area contributed by atoms with Crippen molar-refractivity contribution in [2.24, 2.45) is 0 Å². The Morgan fingerprint density at radius 1 is 1.18 bits per heavy atom. The number of aliphatic carboxylic acids is 1. The Labute approximate surface area is 94.5 Å². The van der Waals surface area contributed by atoms with E-state index in [9.17, 15) is 18.0 Å². The number of hydrogen-bond donors (Lipinski definition) is 2. The monoisotopic (exact) mass is 244 g/mol. The quantitative estimate of drug-likeness (QED) is 0.734. The predicted molar refractivity (Wildman–Crippen MR) is 52.0 cm³/mol. The van der Waals surface area contributed by atoms with E-state index in [0.717, 1.165) is 0 Å². The van der Waals surface area contributed by atoms with Gasteiger partial charge in [0.25, 0.3) is 0 Å². The highest BCUT2D eigenvalue weighted by Crippen LogP contribution is 2.30. The smallest absolute Gasteiger partial charge is 0.440 e. The van der Waals surface area contributed by atoms with Gasteiger partial charge in [0.1, 0.15) is 0 Å². The van der Waals surface area contributed by atoms with Gasteiger partial charge in [0.2, 0.25) is 0 Å². The maximum atomic E-state index is 12.3. The second-order valence-electron chi connectivity index (χ2n) is 3.13. The first kappa shape index (κ1) is 13.1. The fourth-order valence-electron chi connectivity index (χ4n) is 0.930. The highest BCUT2D eigenvalue weighted by Gasteiger charge is 2.59. The minimum Gasteiger partial charge on any atom is -0.478 e. The number of carboxylic acid groups (broad SMARTS) is 1. The molecule has 1 unspecified atom stereocenters. The molecule has 3 nitrogen and oxygen atoms in total. The zero-order valence-electron chi connectivity index (χ0n) is 8.32. The minimum atomic E-state index is -5.36. The van der Waals surface area contributed by atoms with Crippen LogP contribution in [0.5, 0.6) is 0 Å². The molecule has 0 spiro atoms. The molecular formula is C11H7F3O3. The lowest BCUT2D eigenvalue weighted by atomic mass is 10.0. The van der Waals surface area contributed by atoms with Crippen molar-refractivity contribution in [3.05, 3.63) is 35.9 Å². The lowest BCUT2D eigenvalue weighted by Gasteiger charge is -2.19. The molecule has 1 aromatic carbocycles. The maximum Gasteiger partial charge on any atom is 0.440 e. The van der Waals surface area contributed by atoms with Crippen LogP contribution in [0, 0.1) is 11.8 Å². The molecule has 6 heteroatoms. The molecule has 0 amide bonds. The molecule has 0 saturated heterocycles. The molecule has 0 fully saturated rings. The lowest BCUT2D eigenvalue weighted by Crippen LogP contribution is -2.50. The fraction of sp³-hybridized carbons (Fsp3) is 0.182. The van der Waals surface area contributed by atoms with Gasteiger partial charge in [-0.3, -0.25) is 0 Å². The molecule has 1 rings (SSSR count). The molecular weight excluding hydrogens is 237 g/mol. The Kier molecular flexibility index (Phi) is 3.44. The Morgan fingerprint density at radius 3 is 2.12 bits per heavy atom. The van der Waals surface area contributed by atoms with E-state index in [4.69, 9.17) is 10.2 Å². The number of hydrogen-bond acceptors (Lipinski definition) is 2. The molecule has 0 aliphatic rings. The number of alkyl halides is 3. The van der Waals surface area contributed by atoms with Gasteiger partial charge in [0.15, 0.2) is 0 Å². The number of rotatable bonds is 1. The summed E-state index contributed by atoms with van der Waals surface area (Å²) in [6, 6.07) is 7.46. The van der Waals surface area contributed by atoms with Gasteiger partial charge >= 0.3 is 17.7 Å². The summed E-state index contributed by atoms with van der Waals surface area (Å²) in [4.78, 5) is 10.4. The van der Waals surface area contributed by atoms with Gasteiger partial charge in [-0.2, -0.15) is 13.2 Å². The summed E-state index contributed by atoms with van der Waals surface area (Å²) < 4.78 is 37.0. The van der Waals surface area contributed by atoms with Gasteiger partial charge in [-0.1, -0.05) is 24.1 Å². The molecule has 0 heterocycles. The zero-order chi connectivity index (χ0) is 13.1. The van der Waals surface area contributed by atoms with Crippen LogP contribution in [0.25, 0.3) is 0 Å². The van der Waals surface area contributed by atoms with Crippen molar-refractivity contribution in [2.75, 3.05) is 0 Å². The van der Waals surface area contributed by atoms with E-state index in [1.54, 1.807) is 6.07 Å². The van der Waals surface area contributed by atoms with Crippen molar-refractivity contribution in [1.29, 1.82) is 0 Å². The lowest BCUT2D eigenvalue weighted by molar-refractivity contribution is -0.239. The zero-order valence-corrected chi connectivity index (χ0v) is 8.32. The third-order valence-electron chi connectivity index (χ3n) is 1.88. The van der Waals surface area contributed by atoms with Crippen LogP contribution in [0.1, 0.15) is 5.56 Å². The SMILES string of the molecule is O=C(O)C(O)(C#Cc1ccccc1)C(F)(F)F. The van der Waals surface area contributed by atoms with Crippen molar-refractivity contribution in [1.82, 2.24) is 0 Å². The van der Waals surface area contributed by atoms with Crippen LogP contribution < -0.4 is 0 Å². The molecule has 0 saturated carbocycles. The molecule has 17 heavy (non-hydrogen) atoms. The van der Waals surface area contributed by atoms with Gasteiger partial charge < -0.3 is 10.2 Å². The first-order valence-electron chi connectivity index (χ1n) is 4.38. The largest absolute Gasteiger partial charge is 0.478 e. The van der Waals surface area contributed by atoms with E-state index in [1.807, 2.05) is 5.92 Å². The number of carbonyl (C=O) groups is 1. The van der Waals surface area contributed by atoms with Crippen molar-refractivity contribution in [2.45, 2.75) is 11.8 Å². The summed E-state index contributed by atoms with van der Waals surface area (Å²) in [6.45, 7) is 0. The van der Waals surface area contributed by atoms with Crippen LogP contribution in [0.4, 0.5) is 13.2 Å². The molecule has 0 aliphatic carbocycles. The number of benzene rings is 1. The van der Waals surface area contributed by atoms with Gasteiger partial charge in [-0.05, 0) is 18.1 Å². The highest BCUT2D eigenvalue weighted by atomic mass is 19.4. The normalized spacial score (nSPS) is 14.4. The van der Waals surface area contributed by atoms with E-state index >= 15 is 0 Å². The fourth-order valence-corrected chi connectivity index (χ4v) is 0.930. The third-order valence-corrected chi connectivity index (χ3v) is 1.88. The summed E-state index contributed by atoms with van der Waals surface area (Å²) in [5.74, 6) is 0.855. The molecule has 90 valence electrons. The number of carboxylic acids is 1. The maximum absolute atomic E-state index is 12.3. The van der Waals surface area contributed by atoms with E-state index < -0.39 is 17.7 Å². The van der Waals surface area contributed by atoms with Gasteiger partial charge in [0, 0.05) is 5.56 Å². The molecule has 1 atom stereocenters. The first-order chi connectivity index (χ1) is 7.77. The van der Waals surface area contributed by atoms with Gasteiger partial charge in [0.05, 0.1) is 0 Å². The average molecular weight is 244 g/mol. The second kappa shape index (κ2) is 4.47. The molecule has 0 aromatic heterocycles. The molecule has 0 bridgehead atoms. The second-order valence-corrected chi connectivity index (χ2v) is 3.13. The van der Waals surface area contributed by atoms with Crippen molar-refractivity contribution in [3.63, 3.8) is 0 Å². The van der Waals surface area contributed by atoms with Crippen molar-refractivity contribution >= 4 is 5.97 Å². The van der Waals surface area contributed by atoms with E-state index in [-0.39, 0.29) is 5.56 Å². The molecule has 0 aliphatic heterocycles. The molecule has 0 radical (unpaired) electrons. The van der Waals surface area contributed by atoms with Gasteiger partial charge in [-0.15, -0.1) is 0 Å². The highest BCUT2D eigenvalue weighted by molar-refractivity contribution is 5.83.